The zero-order valence-electron chi connectivity index (χ0n) is 7.22. The Kier molecular flexibility index (Phi) is 2.00. The van der Waals surface area contributed by atoms with Gasteiger partial charge in [-0.2, -0.15) is 0 Å². The van der Waals surface area contributed by atoms with Crippen molar-refractivity contribution >= 4 is 0 Å². The Labute approximate surface area is 66.6 Å². The molecule has 1 heterocycles. The van der Waals surface area contributed by atoms with E-state index >= 15 is 0 Å². The largest absolute Gasteiger partial charge is 0.359 e. The van der Waals surface area contributed by atoms with Crippen LogP contribution in [-0.2, 0) is 12.0 Å². The maximum atomic E-state index is 5.79. The molecule has 1 aromatic heterocycles. The molecule has 0 radical (unpaired) electrons. The summed E-state index contributed by atoms with van der Waals surface area (Å²) in [5.41, 5.74) is 6.33. The highest BCUT2D eigenvalue weighted by atomic mass is 16.5. The Morgan fingerprint density at radius 2 is 2.27 bits per heavy atom. The smallest absolute Gasteiger partial charge is 0.156 e. The van der Waals surface area contributed by atoms with E-state index in [2.05, 4.69) is 5.16 Å². The van der Waals surface area contributed by atoms with Crippen LogP contribution in [0.2, 0.25) is 0 Å². The summed E-state index contributed by atoms with van der Waals surface area (Å²) in [5.74, 6) is 0.745. The molecule has 0 atom stereocenters. The van der Waals surface area contributed by atoms with Crippen molar-refractivity contribution < 1.29 is 4.52 Å². The van der Waals surface area contributed by atoms with Crippen molar-refractivity contribution in [2.24, 2.45) is 5.73 Å². The molecule has 1 rings (SSSR count). The van der Waals surface area contributed by atoms with Gasteiger partial charge in [0.05, 0.1) is 11.2 Å². The van der Waals surface area contributed by atoms with Crippen LogP contribution >= 0.6 is 0 Å². The monoisotopic (exact) mass is 154 g/mol. The van der Waals surface area contributed by atoms with Crippen LogP contribution in [0.5, 0.6) is 0 Å². The highest BCUT2D eigenvalue weighted by Crippen LogP contribution is 2.17. The average molecular weight is 154 g/mol. The molecule has 3 heteroatoms. The summed E-state index contributed by atoms with van der Waals surface area (Å²) in [4.78, 5) is 0. The maximum Gasteiger partial charge on any atom is 0.156 e. The van der Waals surface area contributed by atoms with Gasteiger partial charge < -0.3 is 10.3 Å². The second-order valence-electron chi connectivity index (χ2n) is 3.26. The normalized spacial score (nSPS) is 12.0. The van der Waals surface area contributed by atoms with Gasteiger partial charge in [0.15, 0.2) is 5.76 Å². The summed E-state index contributed by atoms with van der Waals surface area (Å²) in [6.45, 7) is 5.82. The van der Waals surface area contributed by atoms with E-state index in [1.165, 1.54) is 0 Å². The van der Waals surface area contributed by atoms with Gasteiger partial charge in [0.2, 0.25) is 0 Å². The minimum Gasteiger partial charge on any atom is -0.359 e. The van der Waals surface area contributed by atoms with Gasteiger partial charge in [0, 0.05) is 6.07 Å². The fraction of sp³-hybridized carbons (Fsp3) is 0.625. The minimum absolute atomic E-state index is 0.416. The molecule has 0 aliphatic rings. The van der Waals surface area contributed by atoms with Gasteiger partial charge in [-0.1, -0.05) is 12.1 Å². The van der Waals surface area contributed by atoms with Crippen molar-refractivity contribution in [3.63, 3.8) is 0 Å². The number of aryl methyl sites for hydroxylation is 1. The number of nitrogens with two attached hydrogens (primary N) is 1. The van der Waals surface area contributed by atoms with Gasteiger partial charge in [0.25, 0.3) is 0 Å². The number of hydrogen-bond donors (Lipinski definition) is 1. The van der Waals surface area contributed by atoms with Gasteiger partial charge in [-0.15, -0.1) is 0 Å². The van der Waals surface area contributed by atoms with Crippen molar-refractivity contribution in [2.75, 3.05) is 0 Å². The van der Waals surface area contributed by atoms with Crippen LogP contribution in [0.25, 0.3) is 0 Å². The summed E-state index contributed by atoms with van der Waals surface area (Å²) in [6.07, 6.45) is 0.888. The lowest BCUT2D eigenvalue weighted by Crippen LogP contribution is -2.27. The lowest BCUT2D eigenvalue weighted by Gasteiger charge is -2.12. The number of aromatic nitrogens is 1. The average Bonchev–Trinajstić information content (AvgIpc) is 2.32. The second kappa shape index (κ2) is 2.66. The zero-order valence-corrected chi connectivity index (χ0v) is 7.22. The second-order valence-corrected chi connectivity index (χ2v) is 3.26. The van der Waals surface area contributed by atoms with E-state index in [0.717, 1.165) is 17.9 Å². The Morgan fingerprint density at radius 3 is 2.55 bits per heavy atom. The standard InChI is InChI=1S/C8H14N2O/c1-4-6-5-7(11-10-6)8(2,3)9/h5H,4,9H2,1-3H3. The quantitative estimate of drug-likeness (QED) is 0.701. The molecule has 11 heavy (non-hydrogen) atoms. The molecule has 0 fully saturated rings. The molecule has 0 amide bonds. The molecule has 0 saturated carbocycles. The van der Waals surface area contributed by atoms with Gasteiger partial charge in [-0.25, -0.2) is 0 Å². The predicted octanol–water partition coefficient (Wildman–Crippen LogP) is 1.43. The van der Waals surface area contributed by atoms with Crippen LogP contribution in [-0.4, -0.2) is 5.16 Å². The Bertz CT molecular complexity index is 234. The Hall–Kier alpha value is -0.830. The van der Waals surface area contributed by atoms with E-state index in [-0.39, 0.29) is 0 Å². The summed E-state index contributed by atoms with van der Waals surface area (Å²) in [7, 11) is 0. The third kappa shape index (κ3) is 1.80. The summed E-state index contributed by atoms with van der Waals surface area (Å²) >= 11 is 0. The molecular formula is C8H14N2O. The summed E-state index contributed by atoms with van der Waals surface area (Å²) in [6, 6.07) is 1.90. The van der Waals surface area contributed by atoms with Crippen LogP contribution in [0.1, 0.15) is 32.2 Å². The van der Waals surface area contributed by atoms with E-state index in [1.54, 1.807) is 0 Å². The first kappa shape index (κ1) is 8.27. The number of hydrogen-bond acceptors (Lipinski definition) is 3. The van der Waals surface area contributed by atoms with Crippen LogP contribution in [0.15, 0.2) is 10.6 Å². The van der Waals surface area contributed by atoms with Gasteiger partial charge in [0.1, 0.15) is 0 Å². The van der Waals surface area contributed by atoms with E-state index in [1.807, 2.05) is 26.8 Å². The molecule has 0 spiro atoms. The van der Waals surface area contributed by atoms with Crippen LogP contribution < -0.4 is 5.73 Å². The van der Waals surface area contributed by atoms with Gasteiger partial charge in [-0.05, 0) is 20.3 Å². The number of nitrogens with zero attached hydrogens (tertiary/aromatic N) is 1. The fourth-order valence-corrected chi connectivity index (χ4v) is 0.782. The molecule has 2 N–H and O–H groups in total. The molecule has 0 aromatic carbocycles. The van der Waals surface area contributed by atoms with E-state index < -0.39 is 5.54 Å². The first-order valence-electron chi connectivity index (χ1n) is 3.79. The minimum atomic E-state index is -0.416. The predicted molar refractivity (Wildman–Crippen MR) is 43.1 cm³/mol. The SMILES string of the molecule is CCc1cc(C(C)(C)N)on1. The third-order valence-electron chi connectivity index (χ3n) is 1.56. The molecule has 0 saturated heterocycles. The topological polar surface area (TPSA) is 52.0 Å². The molecule has 62 valence electrons. The number of rotatable bonds is 2. The maximum absolute atomic E-state index is 5.79. The van der Waals surface area contributed by atoms with Crippen LogP contribution in [0.3, 0.4) is 0 Å². The summed E-state index contributed by atoms with van der Waals surface area (Å²) < 4.78 is 5.04. The van der Waals surface area contributed by atoms with Crippen molar-refractivity contribution in [1.82, 2.24) is 5.16 Å². The molecule has 0 bridgehead atoms. The molecule has 0 unspecified atom stereocenters. The van der Waals surface area contributed by atoms with Crippen LogP contribution in [0, 0.1) is 0 Å². The molecular weight excluding hydrogens is 140 g/mol. The van der Waals surface area contributed by atoms with Crippen molar-refractivity contribution in [3.8, 4) is 0 Å². The van der Waals surface area contributed by atoms with Crippen molar-refractivity contribution in [2.45, 2.75) is 32.7 Å². The van der Waals surface area contributed by atoms with Crippen molar-refractivity contribution in [3.05, 3.63) is 17.5 Å². The zero-order chi connectivity index (χ0) is 8.48. The van der Waals surface area contributed by atoms with Crippen molar-refractivity contribution in [1.29, 1.82) is 0 Å². The lowest BCUT2D eigenvalue weighted by atomic mass is 10.0. The van der Waals surface area contributed by atoms with E-state index in [4.69, 9.17) is 10.3 Å². The molecule has 0 aliphatic heterocycles. The highest BCUT2D eigenvalue weighted by Gasteiger charge is 2.19. The Balaban J connectivity index is 2.89. The van der Waals surface area contributed by atoms with Crippen LogP contribution in [0.4, 0.5) is 0 Å². The van der Waals surface area contributed by atoms with E-state index in [9.17, 15) is 0 Å². The molecule has 1 aromatic rings. The van der Waals surface area contributed by atoms with E-state index in [0.29, 0.717) is 0 Å². The lowest BCUT2D eigenvalue weighted by molar-refractivity contribution is 0.318. The Morgan fingerprint density at radius 1 is 1.64 bits per heavy atom. The first-order valence-corrected chi connectivity index (χ1v) is 3.79. The summed E-state index contributed by atoms with van der Waals surface area (Å²) in [5, 5.41) is 3.85. The first-order chi connectivity index (χ1) is 5.04. The molecule has 0 aliphatic carbocycles. The highest BCUT2D eigenvalue weighted by molar-refractivity contribution is 5.12. The van der Waals surface area contributed by atoms with Gasteiger partial charge >= 0.3 is 0 Å². The van der Waals surface area contributed by atoms with Gasteiger partial charge in [-0.3, -0.25) is 0 Å². The fourth-order valence-electron chi connectivity index (χ4n) is 0.782. The third-order valence-corrected chi connectivity index (χ3v) is 1.56. The molecule has 3 nitrogen and oxygen atoms in total.